The number of nitrogens with two attached hydrogens (primary N) is 1. The number of hydrogen-bond donors (Lipinski definition) is 1. The zero-order valence-electron chi connectivity index (χ0n) is 28.7. The summed E-state index contributed by atoms with van der Waals surface area (Å²) in [5.74, 6) is -0.933. The molecular formula is C39H46N4O5. The molecule has 0 aliphatic carbocycles. The van der Waals surface area contributed by atoms with E-state index >= 15 is 0 Å². The smallest absolute Gasteiger partial charge is 0.305 e. The molecule has 3 aromatic carbocycles. The largest absolute Gasteiger partial charge is 0.488 e. The van der Waals surface area contributed by atoms with Crippen molar-refractivity contribution in [2.75, 3.05) is 7.11 Å². The summed E-state index contributed by atoms with van der Waals surface area (Å²) in [7, 11) is 1.32. The van der Waals surface area contributed by atoms with E-state index < -0.39 is 11.8 Å². The molecule has 0 saturated heterocycles. The van der Waals surface area contributed by atoms with Crippen LogP contribution in [-0.4, -0.2) is 59.1 Å². The third-order valence-electron chi connectivity index (χ3n) is 8.44. The second-order valence-corrected chi connectivity index (χ2v) is 12.6. The summed E-state index contributed by atoms with van der Waals surface area (Å²) in [6.45, 7) is 11.8. The maximum atomic E-state index is 11.7. The molecule has 0 saturated carbocycles. The minimum Gasteiger partial charge on any atom is -0.488 e. The molecule has 2 amide bonds. The Bertz CT molecular complexity index is 1740. The van der Waals surface area contributed by atoms with E-state index in [2.05, 4.69) is 78.5 Å². The molecular weight excluding hydrogens is 604 g/mol. The minimum absolute atomic E-state index is 0.138. The lowest BCUT2D eigenvalue weighted by molar-refractivity contribution is -0.140. The number of methoxy groups -OCH3 is 1. The highest BCUT2D eigenvalue weighted by Crippen LogP contribution is 2.26. The molecule has 48 heavy (non-hydrogen) atoms. The number of carbonyl (C=O) groups is 3. The second-order valence-electron chi connectivity index (χ2n) is 12.6. The van der Waals surface area contributed by atoms with Gasteiger partial charge in [-0.1, -0.05) is 54.6 Å². The quantitative estimate of drug-likeness (QED) is 0.161. The van der Waals surface area contributed by atoms with Gasteiger partial charge in [0.2, 0.25) is 5.91 Å². The summed E-state index contributed by atoms with van der Waals surface area (Å²) in [6.07, 6.45) is 3.06. The van der Waals surface area contributed by atoms with Gasteiger partial charge in [0.25, 0.3) is 5.91 Å². The van der Waals surface area contributed by atoms with E-state index in [9.17, 15) is 14.4 Å². The van der Waals surface area contributed by atoms with Crippen molar-refractivity contribution < 1.29 is 23.9 Å². The first-order valence-corrected chi connectivity index (χ1v) is 16.4. The molecule has 2 heterocycles. The number of esters is 1. The number of carbonyl (C=O) groups excluding carboxylic acids is 3. The predicted octanol–water partition coefficient (Wildman–Crippen LogP) is 6.65. The van der Waals surface area contributed by atoms with Crippen molar-refractivity contribution in [2.24, 2.45) is 10.7 Å². The first-order chi connectivity index (χ1) is 23.0. The molecule has 252 valence electrons. The van der Waals surface area contributed by atoms with Crippen LogP contribution in [0.4, 0.5) is 0 Å². The fraction of sp³-hybridized carbons (Fsp3) is 0.359. The average molecular weight is 651 g/mol. The van der Waals surface area contributed by atoms with Gasteiger partial charge in [-0.3, -0.25) is 24.3 Å². The number of hydrogen-bond acceptors (Lipinski definition) is 7. The van der Waals surface area contributed by atoms with Crippen LogP contribution in [0.2, 0.25) is 0 Å². The Morgan fingerprint density at radius 1 is 0.854 bits per heavy atom. The molecule has 2 N–H and O–H groups in total. The third-order valence-corrected chi connectivity index (χ3v) is 8.44. The van der Waals surface area contributed by atoms with Gasteiger partial charge in [0.05, 0.1) is 29.8 Å². The molecule has 9 heteroatoms. The normalized spacial score (nSPS) is 13.3. The van der Waals surface area contributed by atoms with Crippen molar-refractivity contribution in [3.05, 3.63) is 107 Å². The lowest BCUT2D eigenvalue weighted by atomic mass is 9.97. The van der Waals surface area contributed by atoms with Crippen LogP contribution in [0.3, 0.4) is 0 Å². The Morgan fingerprint density at radius 2 is 1.54 bits per heavy atom. The SMILES string of the molecule is CC(C)N(C(C)C)C(C)Cc1ccc(COc2cccc3c2C=NC3=O)cc1.COC(=O)CCC(C(N)=O)c1ccc2ccccc2n1. The first kappa shape index (κ1) is 36.0. The number of benzene rings is 3. The Morgan fingerprint density at radius 3 is 2.21 bits per heavy atom. The van der Waals surface area contributed by atoms with Gasteiger partial charge in [-0.15, -0.1) is 0 Å². The summed E-state index contributed by atoms with van der Waals surface area (Å²) in [4.78, 5) is 45.3. The van der Waals surface area contributed by atoms with Crippen LogP contribution in [0.1, 0.15) is 86.1 Å². The number of ether oxygens (including phenoxy) is 2. The first-order valence-electron chi connectivity index (χ1n) is 16.4. The molecule has 0 spiro atoms. The molecule has 0 radical (unpaired) electrons. The van der Waals surface area contributed by atoms with Crippen molar-refractivity contribution in [1.29, 1.82) is 0 Å². The van der Waals surface area contributed by atoms with Crippen LogP contribution in [-0.2, 0) is 27.4 Å². The summed E-state index contributed by atoms with van der Waals surface area (Å²) in [6, 6.07) is 27.0. The molecule has 0 fully saturated rings. The Kier molecular flexibility index (Phi) is 12.6. The molecule has 5 rings (SSSR count). The van der Waals surface area contributed by atoms with Crippen molar-refractivity contribution in [3.8, 4) is 5.75 Å². The molecule has 2 atom stereocenters. The lowest BCUT2D eigenvalue weighted by Gasteiger charge is -2.36. The van der Waals surface area contributed by atoms with Gasteiger partial charge in [-0.2, -0.15) is 0 Å². The fourth-order valence-electron chi connectivity index (χ4n) is 6.25. The minimum atomic E-state index is -0.585. The number of amides is 2. The fourth-order valence-corrected chi connectivity index (χ4v) is 6.25. The van der Waals surface area contributed by atoms with Gasteiger partial charge >= 0.3 is 5.97 Å². The second kappa shape index (κ2) is 16.8. The summed E-state index contributed by atoms with van der Waals surface area (Å²) < 4.78 is 10.5. The number of rotatable bonds is 13. The van der Waals surface area contributed by atoms with Crippen LogP contribution in [0, 0.1) is 0 Å². The van der Waals surface area contributed by atoms with Gasteiger partial charge in [0, 0.05) is 41.7 Å². The number of primary amides is 1. The molecule has 0 bridgehead atoms. The highest BCUT2D eigenvalue weighted by Gasteiger charge is 2.22. The Labute approximate surface area is 283 Å². The third kappa shape index (κ3) is 9.35. The summed E-state index contributed by atoms with van der Waals surface area (Å²) in [5, 5.41) is 0.993. The molecule has 2 unspecified atom stereocenters. The van der Waals surface area contributed by atoms with Crippen molar-refractivity contribution in [1.82, 2.24) is 9.88 Å². The maximum Gasteiger partial charge on any atom is 0.305 e. The molecule has 1 aliphatic heterocycles. The van der Waals surface area contributed by atoms with Crippen molar-refractivity contribution >= 4 is 34.9 Å². The molecule has 1 aromatic heterocycles. The van der Waals surface area contributed by atoms with E-state index in [1.165, 1.54) is 12.7 Å². The topological polar surface area (TPSA) is 124 Å². The molecule has 4 aromatic rings. The van der Waals surface area contributed by atoms with Crippen molar-refractivity contribution in [3.63, 3.8) is 0 Å². The number of pyridine rings is 1. The molecule has 9 nitrogen and oxygen atoms in total. The van der Waals surface area contributed by atoms with Crippen LogP contribution in [0.5, 0.6) is 5.75 Å². The van der Waals surface area contributed by atoms with Crippen LogP contribution >= 0.6 is 0 Å². The summed E-state index contributed by atoms with van der Waals surface area (Å²) in [5.41, 5.74) is 10.6. The van der Waals surface area contributed by atoms with E-state index in [1.807, 2.05) is 42.5 Å². The lowest BCUT2D eigenvalue weighted by Crippen LogP contribution is -2.44. The Balaban J connectivity index is 0.000000229. The maximum absolute atomic E-state index is 11.7. The van der Waals surface area contributed by atoms with Crippen LogP contribution in [0.15, 0.2) is 83.9 Å². The van der Waals surface area contributed by atoms with Gasteiger partial charge in [-0.05, 0) is 82.9 Å². The Hall–Kier alpha value is -4.89. The average Bonchev–Trinajstić information content (AvgIpc) is 3.45. The van der Waals surface area contributed by atoms with E-state index in [0.717, 1.165) is 28.5 Å². The zero-order valence-corrected chi connectivity index (χ0v) is 28.7. The number of fused-ring (bicyclic) bond motifs is 2. The van der Waals surface area contributed by atoms with E-state index in [1.54, 1.807) is 18.3 Å². The van der Waals surface area contributed by atoms with Crippen LogP contribution < -0.4 is 10.5 Å². The number of nitrogens with zero attached hydrogens (tertiary/aromatic N) is 3. The zero-order chi connectivity index (χ0) is 34.8. The summed E-state index contributed by atoms with van der Waals surface area (Å²) >= 11 is 0. The van der Waals surface area contributed by atoms with Gasteiger partial charge in [0.1, 0.15) is 12.4 Å². The highest BCUT2D eigenvalue weighted by atomic mass is 16.5. The van der Waals surface area contributed by atoms with E-state index in [4.69, 9.17) is 10.5 Å². The van der Waals surface area contributed by atoms with E-state index in [0.29, 0.717) is 48.2 Å². The van der Waals surface area contributed by atoms with Gasteiger partial charge in [-0.25, -0.2) is 4.99 Å². The number of para-hydroxylation sites is 1. The standard InChI is InChI=1S/C24H30N2O2.C15H16N2O3/c1-16(2)26(17(3)4)18(5)13-19-9-11-20(12-10-19)15-28-23-8-6-7-21-22(23)14-25-24(21)27;1-20-14(18)9-7-11(15(16)19)13-8-6-10-4-2-3-5-12(10)17-13/h6-12,14,16-18H,13,15H2,1-5H3;2-6,8,11H,7,9H2,1H3,(H2,16,19). The van der Waals surface area contributed by atoms with E-state index in [-0.39, 0.29) is 18.3 Å². The monoisotopic (exact) mass is 650 g/mol. The molecule has 1 aliphatic rings. The van der Waals surface area contributed by atoms with Crippen molar-refractivity contribution in [2.45, 2.75) is 84.5 Å². The van der Waals surface area contributed by atoms with Crippen LogP contribution in [0.25, 0.3) is 10.9 Å². The van der Waals surface area contributed by atoms with Gasteiger partial charge < -0.3 is 15.2 Å². The van der Waals surface area contributed by atoms with Gasteiger partial charge in [0.15, 0.2) is 0 Å². The predicted molar refractivity (Wildman–Crippen MR) is 189 cm³/mol. The number of aromatic nitrogens is 1. The highest BCUT2D eigenvalue weighted by molar-refractivity contribution is 6.14. The number of aliphatic imine (C=N–C) groups is 1.